The molecule has 1 aromatic carbocycles. The Bertz CT molecular complexity index is 1380. The van der Waals surface area contributed by atoms with Gasteiger partial charge in [0.2, 0.25) is 0 Å². The largest absolute Gasteiger partial charge is 0.490 e. The molecule has 57 heavy (non-hydrogen) atoms. The van der Waals surface area contributed by atoms with Gasteiger partial charge in [-0.1, -0.05) is 39.0 Å². The van der Waals surface area contributed by atoms with Crippen LogP contribution < -0.4 is 4.74 Å². The Morgan fingerprint density at radius 1 is 0.860 bits per heavy atom. The quantitative estimate of drug-likeness (QED) is 0.294. The lowest BCUT2D eigenvalue weighted by Gasteiger charge is -2.49. The monoisotopic (exact) mass is 811 g/mol. The molecule has 4 rings (SSSR count). The van der Waals surface area contributed by atoms with E-state index in [1.807, 2.05) is 103 Å². The van der Waals surface area contributed by atoms with E-state index in [0.29, 0.717) is 31.7 Å². The van der Waals surface area contributed by atoms with Gasteiger partial charge in [-0.25, -0.2) is 0 Å². The summed E-state index contributed by atoms with van der Waals surface area (Å²) < 4.78 is 51.1. The van der Waals surface area contributed by atoms with E-state index in [1.54, 1.807) is 28.1 Å². The summed E-state index contributed by atoms with van der Waals surface area (Å²) in [6.07, 6.45) is -6.71. The van der Waals surface area contributed by atoms with Crippen LogP contribution in [0.2, 0.25) is 0 Å². The number of rotatable bonds is 10. The Kier molecular flexibility index (Phi) is 17.2. The zero-order valence-corrected chi connectivity index (χ0v) is 36.7. The lowest BCUT2D eigenvalue weighted by atomic mass is 9.75. The second kappa shape index (κ2) is 20.5. The van der Waals surface area contributed by atoms with Crippen LogP contribution in [0.15, 0.2) is 30.3 Å². The Hall–Kier alpha value is -1.95. The molecule has 3 aliphatic rings. The van der Waals surface area contributed by atoms with Crippen LogP contribution in [-0.4, -0.2) is 165 Å². The van der Waals surface area contributed by atoms with Crippen LogP contribution in [0.4, 0.5) is 0 Å². The van der Waals surface area contributed by atoms with E-state index in [4.69, 9.17) is 37.9 Å². The second-order valence-electron chi connectivity index (χ2n) is 17.9. The molecule has 0 unspecified atom stereocenters. The van der Waals surface area contributed by atoms with Gasteiger partial charge in [0.05, 0.1) is 47.6 Å². The number of para-hydroxylation sites is 1. The van der Waals surface area contributed by atoms with Crippen molar-refractivity contribution in [2.24, 2.45) is 23.7 Å². The summed E-state index contributed by atoms with van der Waals surface area (Å²) >= 11 is 0. The van der Waals surface area contributed by atoms with E-state index >= 15 is 0 Å². The van der Waals surface area contributed by atoms with Gasteiger partial charge in [-0.2, -0.15) is 0 Å². The van der Waals surface area contributed by atoms with Crippen LogP contribution in [0.3, 0.4) is 0 Å². The molecule has 0 bridgehead atoms. The third-order valence-electron chi connectivity index (χ3n) is 12.7. The smallest absolute Gasteiger partial charge is 0.311 e. The fourth-order valence-electron chi connectivity index (χ4n) is 9.16. The van der Waals surface area contributed by atoms with Crippen LogP contribution in [0.5, 0.6) is 5.75 Å². The number of esters is 1. The number of hydrogen-bond acceptors (Lipinski definition) is 14. The molecular weight excluding hydrogens is 736 g/mol. The summed E-state index contributed by atoms with van der Waals surface area (Å²) in [4.78, 5) is 18.5. The van der Waals surface area contributed by atoms with Gasteiger partial charge in [0.25, 0.3) is 0 Å². The minimum atomic E-state index is -1.09. The number of aliphatic hydroxyl groups is 3. The zero-order chi connectivity index (χ0) is 42.4. The van der Waals surface area contributed by atoms with Crippen molar-refractivity contribution in [1.29, 1.82) is 0 Å². The van der Waals surface area contributed by atoms with Gasteiger partial charge in [-0.3, -0.25) is 4.79 Å². The Morgan fingerprint density at radius 3 is 2.12 bits per heavy atom. The minimum Gasteiger partial charge on any atom is -0.490 e. The molecule has 0 aromatic heterocycles. The van der Waals surface area contributed by atoms with E-state index < -0.39 is 84.3 Å². The van der Waals surface area contributed by atoms with Crippen LogP contribution in [0.25, 0.3) is 0 Å². The van der Waals surface area contributed by atoms with Gasteiger partial charge in [-0.15, -0.1) is 0 Å². The van der Waals surface area contributed by atoms with E-state index in [0.717, 1.165) is 0 Å². The number of hydrogen-bond donors (Lipinski definition) is 3. The Labute approximate surface area is 341 Å². The second-order valence-corrected chi connectivity index (χ2v) is 17.9. The van der Waals surface area contributed by atoms with E-state index in [-0.39, 0.29) is 37.0 Å². The van der Waals surface area contributed by atoms with Gasteiger partial charge >= 0.3 is 5.97 Å². The highest BCUT2D eigenvalue weighted by Gasteiger charge is 2.52. The highest BCUT2D eigenvalue weighted by atomic mass is 16.7. The molecule has 14 heteroatoms. The Balaban J connectivity index is 1.81. The first-order valence-corrected chi connectivity index (χ1v) is 20.7. The van der Waals surface area contributed by atoms with E-state index in [2.05, 4.69) is 0 Å². The number of carbonyl (C=O) groups is 1. The number of likely N-dealkylation sites (N-methyl/N-ethyl adjacent to an activating group) is 2. The molecular formula is C43H74N2O12. The number of carbonyl (C=O) groups excluding carboxylic acids is 1. The van der Waals surface area contributed by atoms with Crippen LogP contribution in [-0.2, 0) is 38.0 Å². The van der Waals surface area contributed by atoms with Crippen molar-refractivity contribution in [3.63, 3.8) is 0 Å². The van der Waals surface area contributed by atoms with Crippen molar-refractivity contribution in [2.45, 2.75) is 153 Å². The zero-order valence-electron chi connectivity index (χ0n) is 36.7. The molecule has 3 fully saturated rings. The molecule has 0 aliphatic carbocycles. The number of nitrogens with zero attached hydrogens (tertiary/aromatic N) is 2. The number of methoxy groups -OCH3 is 2. The molecule has 14 nitrogen and oxygen atoms in total. The van der Waals surface area contributed by atoms with Gasteiger partial charge in [0.1, 0.15) is 30.7 Å². The average Bonchev–Trinajstić information content (AvgIpc) is 3.17. The molecule has 0 radical (unpaired) electrons. The van der Waals surface area contributed by atoms with Crippen LogP contribution in [0, 0.1) is 23.7 Å². The van der Waals surface area contributed by atoms with Crippen LogP contribution in [0.1, 0.15) is 74.7 Å². The normalized spacial score (nSPS) is 43.5. The molecule has 3 N–H and O–H groups in total. The SMILES string of the molecule is CO[C@]1(C)C[C@@H](C)[C@H](O)[C@H](C)CN(C)C[C@H](COc2ccccc2)OC(=O)[C@H](C)[C@@H](O[C@H]2C[C@@](C)(OC)[C@@H](O)[C@H](C)O2)[C@H](C)[C@H]1O[C@@H]1O[C@H](C)C[C@H](N(C)C)[C@H]1O. The topological polar surface area (TPSA) is 158 Å². The van der Waals surface area contributed by atoms with E-state index in [9.17, 15) is 20.1 Å². The standard InChI is InChI=1S/C43H74N2O12/c1-25-20-43(8,51-13)39(57-41-36(47)33(44(9)10)19-27(3)53-41)28(4)37(56-34-21-42(7,50-12)38(48)30(6)54-34)29(5)40(49)55-32(23-45(11)22-26(2)35(25)46)24-52-31-17-15-14-16-18-31/h14-18,25-30,32-39,41,46-48H,19-24H2,1-13H3/t25-,26-,27-,28+,29-,30+,32-,33+,34+,35+,36-,37+,38+,39-,41+,42-,43-/m1/s1. The fourth-order valence-corrected chi connectivity index (χ4v) is 9.16. The minimum absolute atomic E-state index is 0.101. The third kappa shape index (κ3) is 11.9. The highest BCUT2D eigenvalue weighted by molar-refractivity contribution is 5.73. The maximum atomic E-state index is 14.5. The molecule has 0 amide bonds. The highest BCUT2D eigenvalue weighted by Crippen LogP contribution is 2.41. The first kappa shape index (κ1) is 47.7. The number of ether oxygens (including phenoxy) is 8. The summed E-state index contributed by atoms with van der Waals surface area (Å²) in [5, 5.41) is 34.6. The number of cyclic esters (lactones) is 1. The summed E-state index contributed by atoms with van der Waals surface area (Å²) in [5.41, 5.74) is -2.07. The molecule has 0 spiro atoms. The van der Waals surface area contributed by atoms with Crippen molar-refractivity contribution < 1.29 is 58.0 Å². The number of aliphatic hydroxyl groups excluding tert-OH is 3. The average molecular weight is 811 g/mol. The summed E-state index contributed by atoms with van der Waals surface area (Å²) in [5.74, 6) is -1.78. The summed E-state index contributed by atoms with van der Waals surface area (Å²) in [7, 11) is 8.93. The molecule has 3 saturated heterocycles. The molecule has 328 valence electrons. The van der Waals surface area contributed by atoms with Gasteiger partial charge in [0, 0.05) is 45.7 Å². The van der Waals surface area contributed by atoms with E-state index in [1.165, 1.54) is 0 Å². The lowest BCUT2D eigenvalue weighted by Crippen LogP contribution is -2.61. The van der Waals surface area contributed by atoms with Gasteiger partial charge < -0.3 is 63.0 Å². The predicted molar refractivity (Wildman–Crippen MR) is 215 cm³/mol. The number of benzene rings is 1. The summed E-state index contributed by atoms with van der Waals surface area (Å²) in [6, 6.07) is 9.13. The maximum Gasteiger partial charge on any atom is 0.311 e. The van der Waals surface area contributed by atoms with Crippen molar-refractivity contribution in [3.8, 4) is 5.75 Å². The summed E-state index contributed by atoms with van der Waals surface area (Å²) in [6.45, 7) is 16.1. The van der Waals surface area contributed by atoms with Gasteiger partial charge in [-0.05, 0) is 92.6 Å². The Morgan fingerprint density at radius 2 is 1.51 bits per heavy atom. The van der Waals surface area contributed by atoms with Crippen molar-refractivity contribution in [1.82, 2.24) is 9.80 Å². The van der Waals surface area contributed by atoms with Crippen molar-refractivity contribution in [2.75, 3.05) is 55.1 Å². The molecule has 3 aliphatic heterocycles. The molecule has 1 aromatic rings. The molecule has 3 heterocycles. The first-order chi connectivity index (χ1) is 26.7. The first-order valence-electron chi connectivity index (χ1n) is 20.7. The van der Waals surface area contributed by atoms with Crippen LogP contribution >= 0.6 is 0 Å². The van der Waals surface area contributed by atoms with Gasteiger partial charge in [0.15, 0.2) is 12.6 Å². The lowest BCUT2D eigenvalue weighted by molar-refractivity contribution is -0.319. The predicted octanol–water partition coefficient (Wildman–Crippen LogP) is 3.72. The molecule has 17 atom stereocenters. The third-order valence-corrected chi connectivity index (χ3v) is 12.7. The van der Waals surface area contributed by atoms with Crippen molar-refractivity contribution >= 4 is 5.97 Å². The van der Waals surface area contributed by atoms with Crippen molar-refractivity contribution in [3.05, 3.63) is 30.3 Å². The fraction of sp³-hybridized carbons (Fsp3) is 0.837. The molecule has 0 saturated carbocycles. The maximum absolute atomic E-state index is 14.5.